The van der Waals surface area contributed by atoms with Gasteiger partial charge in [-0.3, -0.25) is 0 Å². The first-order chi connectivity index (χ1) is 7.13. The second-order valence-electron chi connectivity index (χ2n) is 3.89. The van der Waals surface area contributed by atoms with Crippen LogP contribution in [0.5, 0.6) is 0 Å². The molecule has 1 aliphatic rings. The van der Waals surface area contributed by atoms with Crippen molar-refractivity contribution in [3.63, 3.8) is 0 Å². The van der Waals surface area contributed by atoms with Gasteiger partial charge in [0.2, 0.25) is 0 Å². The molecule has 1 atom stereocenters. The van der Waals surface area contributed by atoms with E-state index in [0.717, 1.165) is 11.8 Å². The van der Waals surface area contributed by atoms with Crippen molar-refractivity contribution in [2.24, 2.45) is 11.8 Å². The number of allylic oxidation sites excluding steroid dienone is 4. The van der Waals surface area contributed by atoms with Gasteiger partial charge >= 0.3 is 0 Å². The maximum absolute atomic E-state index is 2.75. The van der Waals surface area contributed by atoms with E-state index in [4.69, 9.17) is 0 Å². The summed E-state index contributed by atoms with van der Waals surface area (Å²) in [5.74, 6) is 1.49. The Morgan fingerprint density at radius 2 is 1.73 bits per heavy atom. The van der Waals surface area contributed by atoms with Crippen molar-refractivity contribution in [1.82, 2.24) is 5.32 Å². The lowest BCUT2D eigenvalue weighted by molar-refractivity contribution is 0.583. The summed E-state index contributed by atoms with van der Waals surface area (Å²) in [6.45, 7) is 10.8. The molecule has 0 radical (unpaired) electrons. The van der Waals surface area contributed by atoms with Gasteiger partial charge in [0.25, 0.3) is 0 Å². The van der Waals surface area contributed by atoms with Gasteiger partial charge in [0.1, 0.15) is 0 Å². The number of hydrogen-bond acceptors (Lipinski definition) is 1. The molecule has 0 spiro atoms. The van der Waals surface area contributed by atoms with Gasteiger partial charge in [-0.05, 0) is 32.4 Å². The topological polar surface area (TPSA) is 12.0 Å². The first-order valence-corrected chi connectivity index (χ1v) is 6.08. The van der Waals surface area contributed by atoms with Crippen LogP contribution >= 0.6 is 0 Å². The van der Waals surface area contributed by atoms with Crippen molar-refractivity contribution in [1.29, 1.82) is 0 Å². The van der Waals surface area contributed by atoms with Gasteiger partial charge in [-0.2, -0.15) is 0 Å². The van der Waals surface area contributed by atoms with Crippen molar-refractivity contribution in [2.75, 3.05) is 14.1 Å². The van der Waals surface area contributed by atoms with E-state index < -0.39 is 0 Å². The van der Waals surface area contributed by atoms with Crippen LogP contribution in [-0.2, 0) is 0 Å². The van der Waals surface area contributed by atoms with Crippen LogP contribution in [0.15, 0.2) is 23.8 Å². The van der Waals surface area contributed by atoms with Crippen molar-refractivity contribution in [3.8, 4) is 0 Å². The van der Waals surface area contributed by atoms with Gasteiger partial charge in [0.05, 0.1) is 0 Å². The highest BCUT2D eigenvalue weighted by molar-refractivity contribution is 5.21. The molecule has 0 aliphatic heterocycles. The molecule has 0 amide bonds. The predicted octanol–water partition coefficient (Wildman–Crippen LogP) is 4.03. The highest BCUT2D eigenvalue weighted by Crippen LogP contribution is 2.25. The fraction of sp³-hybridized carbons (Fsp3) is 0.714. The Morgan fingerprint density at radius 1 is 1.27 bits per heavy atom. The zero-order chi connectivity index (χ0) is 12.3. The fourth-order valence-electron chi connectivity index (χ4n) is 1.52. The third-order valence-corrected chi connectivity index (χ3v) is 2.15. The first-order valence-electron chi connectivity index (χ1n) is 6.08. The van der Waals surface area contributed by atoms with Crippen molar-refractivity contribution in [2.45, 2.75) is 41.0 Å². The Balaban J connectivity index is 0. The second-order valence-corrected chi connectivity index (χ2v) is 3.89. The van der Waals surface area contributed by atoms with Crippen LogP contribution < -0.4 is 5.32 Å². The Bertz CT molecular complexity index is 178. The molecule has 15 heavy (non-hydrogen) atoms. The number of nitrogens with one attached hydrogen (secondary N) is 1. The second kappa shape index (κ2) is 11.5. The van der Waals surface area contributed by atoms with Crippen LogP contribution in [0.2, 0.25) is 0 Å². The Hall–Kier alpha value is -0.560. The number of rotatable bonds is 1. The van der Waals surface area contributed by atoms with Gasteiger partial charge in [0.15, 0.2) is 0 Å². The SMILES string of the molecule is CC.CC(C)C1=CC=CCC1C.CNC. The van der Waals surface area contributed by atoms with E-state index >= 15 is 0 Å². The smallest absolute Gasteiger partial charge is 0.0167 e. The highest BCUT2D eigenvalue weighted by atomic mass is 14.7. The highest BCUT2D eigenvalue weighted by Gasteiger charge is 2.11. The standard InChI is InChI=1S/C10H16.C2H7N.C2H6/c1-8(2)10-7-5-4-6-9(10)3;1-3-2;1-2/h4-5,7-9H,6H2,1-3H3;3H,1-2H3;1-2H3. The Kier molecular flexibility index (Phi) is 12.9. The van der Waals surface area contributed by atoms with Gasteiger partial charge in [-0.25, -0.2) is 0 Å². The summed E-state index contributed by atoms with van der Waals surface area (Å²) in [5, 5.41) is 2.75. The molecule has 0 saturated heterocycles. The molecular formula is C14H29N. The average molecular weight is 211 g/mol. The molecule has 0 saturated carbocycles. The lowest BCUT2D eigenvalue weighted by atomic mass is 9.86. The maximum atomic E-state index is 2.75. The Labute approximate surface area is 96.7 Å². The van der Waals surface area contributed by atoms with Crippen molar-refractivity contribution in [3.05, 3.63) is 23.8 Å². The summed E-state index contributed by atoms with van der Waals surface area (Å²) in [5.41, 5.74) is 1.60. The lowest BCUT2D eigenvalue weighted by Crippen LogP contribution is -2.06. The molecule has 90 valence electrons. The van der Waals surface area contributed by atoms with E-state index in [0.29, 0.717) is 0 Å². The monoisotopic (exact) mass is 211 g/mol. The van der Waals surface area contributed by atoms with Crippen LogP contribution in [0.3, 0.4) is 0 Å². The largest absolute Gasteiger partial charge is 0.323 e. The minimum absolute atomic E-state index is 0.722. The molecule has 1 nitrogen and oxygen atoms in total. The average Bonchev–Trinajstić information content (AvgIpc) is 2.22. The van der Waals surface area contributed by atoms with Gasteiger partial charge in [0, 0.05) is 0 Å². The quantitative estimate of drug-likeness (QED) is 0.690. The van der Waals surface area contributed by atoms with E-state index in [9.17, 15) is 0 Å². The summed E-state index contributed by atoms with van der Waals surface area (Å²) in [4.78, 5) is 0. The molecule has 0 heterocycles. The lowest BCUT2D eigenvalue weighted by Gasteiger charge is -2.20. The molecule has 1 N–H and O–H groups in total. The molecule has 1 rings (SSSR count). The summed E-state index contributed by atoms with van der Waals surface area (Å²) in [6, 6.07) is 0. The van der Waals surface area contributed by atoms with Crippen LogP contribution in [0.4, 0.5) is 0 Å². The molecule has 1 heteroatoms. The predicted molar refractivity (Wildman–Crippen MR) is 72.2 cm³/mol. The molecule has 0 fully saturated rings. The first kappa shape index (κ1) is 16.9. The van der Waals surface area contributed by atoms with Gasteiger partial charge < -0.3 is 5.32 Å². The summed E-state index contributed by atoms with van der Waals surface area (Å²) in [7, 11) is 3.75. The molecular weight excluding hydrogens is 182 g/mol. The van der Waals surface area contributed by atoms with Crippen molar-refractivity contribution >= 4 is 0 Å². The van der Waals surface area contributed by atoms with Crippen molar-refractivity contribution < 1.29 is 0 Å². The van der Waals surface area contributed by atoms with E-state index in [1.165, 1.54) is 6.42 Å². The fourth-order valence-corrected chi connectivity index (χ4v) is 1.52. The van der Waals surface area contributed by atoms with Crippen LogP contribution in [0.1, 0.15) is 41.0 Å². The minimum Gasteiger partial charge on any atom is -0.323 e. The van der Waals surface area contributed by atoms with Crippen LogP contribution in [0.25, 0.3) is 0 Å². The normalized spacial score (nSPS) is 18.4. The molecule has 1 unspecified atom stereocenters. The van der Waals surface area contributed by atoms with Gasteiger partial charge in [-0.15, -0.1) is 0 Å². The molecule has 0 aromatic rings. The molecule has 0 aromatic heterocycles. The zero-order valence-electron chi connectivity index (χ0n) is 11.6. The van der Waals surface area contributed by atoms with E-state index in [1.54, 1.807) is 5.57 Å². The molecule has 0 bridgehead atoms. The number of hydrogen-bond donors (Lipinski definition) is 1. The summed E-state index contributed by atoms with van der Waals surface area (Å²) in [6.07, 6.45) is 7.91. The third-order valence-electron chi connectivity index (χ3n) is 2.15. The van der Waals surface area contributed by atoms with Gasteiger partial charge in [-0.1, -0.05) is 58.4 Å². The van der Waals surface area contributed by atoms with E-state index in [1.807, 2.05) is 27.9 Å². The van der Waals surface area contributed by atoms with E-state index in [-0.39, 0.29) is 0 Å². The summed E-state index contributed by atoms with van der Waals surface area (Å²) >= 11 is 0. The molecule has 0 aromatic carbocycles. The molecule has 1 aliphatic carbocycles. The van der Waals surface area contributed by atoms with Crippen LogP contribution in [0, 0.1) is 11.8 Å². The van der Waals surface area contributed by atoms with E-state index in [2.05, 4.69) is 44.3 Å². The maximum Gasteiger partial charge on any atom is -0.0167 e. The third kappa shape index (κ3) is 8.44. The van der Waals surface area contributed by atoms with Crippen LogP contribution in [-0.4, -0.2) is 14.1 Å². The zero-order valence-corrected chi connectivity index (χ0v) is 11.6. The minimum atomic E-state index is 0.722. The summed E-state index contributed by atoms with van der Waals surface area (Å²) < 4.78 is 0. The Morgan fingerprint density at radius 3 is 2.00 bits per heavy atom.